The van der Waals surface area contributed by atoms with E-state index in [4.69, 9.17) is 4.18 Å². The van der Waals surface area contributed by atoms with E-state index in [0.29, 0.717) is 5.56 Å². The molecule has 1 unspecified atom stereocenters. The maximum absolute atomic E-state index is 12.1. The fourth-order valence-corrected chi connectivity index (χ4v) is 2.93. The summed E-state index contributed by atoms with van der Waals surface area (Å²) in [4.78, 5) is 10.2. The monoisotopic (exact) mass is 307 g/mol. The molecule has 1 atom stereocenters. The molecule has 2 rings (SSSR count). The van der Waals surface area contributed by atoms with Crippen molar-refractivity contribution < 1.29 is 17.5 Å². The van der Waals surface area contributed by atoms with Crippen LogP contribution in [0.1, 0.15) is 16.5 Å². The van der Waals surface area contributed by atoms with Crippen LogP contribution in [0.4, 0.5) is 0 Å². The van der Waals surface area contributed by atoms with Crippen LogP contribution in [0.5, 0.6) is 0 Å². The molecule has 7 heteroatoms. The van der Waals surface area contributed by atoms with Gasteiger partial charge in [-0.25, -0.2) is 0 Å². The maximum Gasteiger partial charge on any atom is 0.359 e. The highest BCUT2D eigenvalue weighted by Gasteiger charge is 2.39. The van der Waals surface area contributed by atoms with Gasteiger partial charge in [-0.05, 0) is 5.56 Å². The second-order valence-electron chi connectivity index (χ2n) is 4.29. The van der Waals surface area contributed by atoms with Crippen LogP contribution in [-0.4, -0.2) is 13.3 Å². The van der Waals surface area contributed by atoms with E-state index in [2.05, 4.69) is 0 Å². The summed E-state index contributed by atoms with van der Waals surface area (Å²) in [5.74, 6) is 0. The second-order valence-corrected chi connectivity index (χ2v) is 5.96. The fourth-order valence-electron chi connectivity index (χ4n) is 1.80. The van der Waals surface area contributed by atoms with Crippen LogP contribution in [0.15, 0.2) is 60.7 Å². The lowest BCUT2D eigenvalue weighted by Gasteiger charge is -2.11. The lowest BCUT2D eigenvalue weighted by molar-refractivity contribution is -0.504. The van der Waals surface area contributed by atoms with Crippen molar-refractivity contribution in [2.75, 3.05) is 0 Å². The Kier molecular flexibility index (Phi) is 4.66. The standard InChI is InChI=1S/C14H13NO5S/c16-15(17)14(13-9-5-2-6-10-13)21(18,19)20-11-12-7-3-1-4-8-12/h1-10,14H,11H2. The number of hydrogen-bond donors (Lipinski definition) is 0. The molecular weight excluding hydrogens is 294 g/mol. The third kappa shape index (κ3) is 3.87. The zero-order valence-electron chi connectivity index (χ0n) is 11.0. The zero-order chi connectivity index (χ0) is 15.3. The van der Waals surface area contributed by atoms with Gasteiger partial charge in [0.1, 0.15) is 0 Å². The van der Waals surface area contributed by atoms with Crippen molar-refractivity contribution in [1.82, 2.24) is 0 Å². The van der Waals surface area contributed by atoms with Crippen molar-refractivity contribution in [2.45, 2.75) is 12.0 Å². The molecule has 6 nitrogen and oxygen atoms in total. The van der Waals surface area contributed by atoms with E-state index < -0.39 is 20.4 Å². The Labute approximate surface area is 122 Å². The van der Waals surface area contributed by atoms with Crippen LogP contribution in [0, 0.1) is 10.1 Å². The normalized spacial score (nSPS) is 12.8. The first-order valence-electron chi connectivity index (χ1n) is 6.11. The molecule has 0 fully saturated rings. The molecule has 2 aromatic rings. The Bertz CT molecular complexity index is 701. The van der Waals surface area contributed by atoms with Crippen LogP contribution in [0.3, 0.4) is 0 Å². The van der Waals surface area contributed by atoms with Crippen molar-refractivity contribution in [2.24, 2.45) is 0 Å². The van der Waals surface area contributed by atoms with Gasteiger partial charge < -0.3 is 0 Å². The molecule has 0 radical (unpaired) electrons. The van der Waals surface area contributed by atoms with Gasteiger partial charge in [0.2, 0.25) is 0 Å². The van der Waals surface area contributed by atoms with Crippen molar-refractivity contribution in [1.29, 1.82) is 0 Å². The Balaban J connectivity index is 2.21. The van der Waals surface area contributed by atoms with Gasteiger partial charge in [0, 0.05) is 10.5 Å². The highest BCUT2D eigenvalue weighted by Crippen LogP contribution is 2.25. The average molecular weight is 307 g/mol. The minimum absolute atomic E-state index is 0.0653. The minimum Gasteiger partial charge on any atom is -0.263 e. The third-order valence-corrected chi connectivity index (χ3v) is 4.22. The molecule has 0 heterocycles. The molecule has 0 aromatic heterocycles. The zero-order valence-corrected chi connectivity index (χ0v) is 11.8. The first kappa shape index (κ1) is 15.1. The van der Waals surface area contributed by atoms with Crippen LogP contribution in [-0.2, 0) is 20.9 Å². The Morgan fingerprint density at radius 1 is 1.00 bits per heavy atom. The summed E-state index contributed by atoms with van der Waals surface area (Å²) in [5.41, 5.74) is 0.687. The topological polar surface area (TPSA) is 86.5 Å². The van der Waals surface area contributed by atoms with Crippen LogP contribution in [0.2, 0.25) is 0 Å². The molecule has 0 saturated carbocycles. The summed E-state index contributed by atoms with van der Waals surface area (Å²) in [6, 6.07) is 16.1. The number of nitrogens with zero attached hydrogens (tertiary/aromatic N) is 1. The Morgan fingerprint density at radius 3 is 2.05 bits per heavy atom. The highest BCUT2D eigenvalue weighted by molar-refractivity contribution is 7.86. The lowest BCUT2D eigenvalue weighted by Crippen LogP contribution is -2.23. The quantitative estimate of drug-likeness (QED) is 0.465. The molecule has 0 aliphatic heterocycles. The molecule has 110 valence electrons. The Hall–Kier alpha value is -2.25. The summed E-state index contributed by atoms with van der Waals surface area (Å²) in [6.07, 6.45) is 0. The molecule has 0 amide bonds. The Morgan fingerprint density at radius 2 is 1.52 bits per heavy atom. The molecule has 0 bridgehead atoms. The highest BCUT2D eigenvalue weighted by atomic mass is 32.2. The van der Waals surface area contributed by atoms with Gasteiger partial charge in [-0.1, -0.05) is 60.7 Å². The molecule has 0 aliphatic rings. The molecule has 0 saturated heterocycles. The van der Waals surface area contributed by atoms with E-state index in [-0.39, 0.29) is 12.2 Å². The molecule has 0 spiro atoms. The van der Waals surface area contributed by atoms with E-state index in [0.717, 1.165) is 0 Å². The van der Waals surface area contributed by atoms with Gasteiger partial charge in [-0.2, -0.15) is 8.42 Å². The first-order valence-corrected chi connectivity index (χ1v) is 7.58. The van der Waals surface area contributed by atoms with Crippen molar-refractivity contribution in [3.8, 4) is 0 Å². The van der Waals surface area contributed by atoms with Gasteiger partial charge in [-0.3, -0.25) is 14.3 Å². The summed E-state index contributed by atoms with van der Waals surface area (Å²) >= 11 is 0. The van der Waals surface area contributed by atoms with Crippen molar-refractivity contribution >= 4 is 10.1 Å². The smallest absolute Gasteiger partial charge is 0.263 e. The molecular formula is C14H13NO5S. The van der Waals surface area contributed by atoms with Gasteiger partial charge in [0.25, 0.3) is 0 Å². The van der Waals surface area contributed by atoms with Gasteiger partial charge in [0.15, 0.2) is 0 Å². The van der Waals surface area contributed by atoms with Crippen molar-refractivity contribution in [3.63, 3.8) is 0 Å². The fraction of sp³-hybridized carbons (Fsp3) is 0.143. The number of benzene rings is 2. The van der Waals surface area contributed by atoms with Crippen LogP contribution < -0.4 is 0 Å². The second kappa shape index (κ2) is 6.47. The first-order chi connectivity index (χ1) is 10.0. The van der Waals surface area contributed by atoms with E-state index in [9.17, 15) is 18.5 Å². The summed E-state index contributed by atoms with van der Waals surface area (Å²) in [6.45, 7) is -0.236. The van der Waals surface area contributed by atoms with E-state index in [1.54, 1.807) is 48.5 Å². The van der Waals surface area contributed by atoms with Gasteiger partial charge >= 0.3 is 15.5 Å². The summed E-state index contributed by atoms with van der Waals surface area (Å²) in [5, 5.41) is 9.18. The van der Waals surface area contributed by atoms with Crippen molar-refractivity contribution in [3.05, 3.63) is 81.9 Å². The predicted octanol–water partition coefficient (Wildman–Crippen LogP) is 2.51. The number of nitro groups is 1. The predicted molar refractivity (Wildman–Crippen MR) is 76.3 cm³/mol. The van der Waals surface area contributed by atoms with Crippen LogP contribution in [0.25, 0.3) is 0 Å². The average Bonchev–Trinajstić information content (AvgIpc) is 2.47. The maximum atomic E-state index is 12.1. The summed E-state index contributed by atoms with van der Waals surface area (Å²) in [7, 11) is -4.37. The van der Waals surface area contributed by atoms with Gasteiger partial charge in [-0.15, -0.1) is 0 Å². The van der Waals surface area contributed by atoms with Crippen LogP contribution >= 0.6 is 0 Å². The third-order valence-electron chi connectivity index (χ3n) is 2.78. The molecule has 0 aliphatic carbocycles. The molecule has 21 heavy (non-hydrogen) atoms. The number of hydrogen-bond acceptors (Lipinski definition) is 5. The number of rotatable bonds is 6. The summed E-state index contributed by atoms with van der Waals surface area (Å²) < 4.78 is 29.0. The molecule has 0 N–H and O–H groups in total. The van der Waals surface area contributed by atoms with E-state index in [1.165, 1.54) is 12.1 Å². The molecule has 2 aromatic carbocycles. The van der Waals surface area contributed by atoms with Gasteiger partial charge in [0.05, 0.1) is 6.61 Å². The lowest BCUT2D eigenvalue weighted by atomic mass is 10.2. The van der Waals surface area contributed by atoms with E-state index >= 15 is 0 Å². The minimum atomic E-state index is -4.37. The largest absolute Gasteiger partial charge is 0.359 e. The SMILES string of the molecule is O=[N+]([O-])C(c1ccccc1)S(=O)(=O)OCc1ccccc1. The van der Waals surface area contributed by atoms with E-state index in [1.807, 2.05) is 0 Å².